The fraction of sp³-hybridized carbons (Fsp3) is 0.478. The maximum absolute atomic E-state index is 14.2. The molecule has 0 saturated carbocycles. The van der Waals surface area contributed by atoms with Crippen molar-refractivity contribution in [2.45, 2.75) is 107 Å². The van der Waals surface area contributed by atoms with E-state index in [9.17, 15) is 68.1 Å². The van der Waals surface area contributed by atoms with Gasteiger partial charge in [0.1, 0.15) is 54.6 Å². The molecule has 3 rings (SSSR count). The average Bonchev–Trinajstić information content (AvgIpc) is 3.85. The van der Waals surface area contributed by atoms with Crippen LogP contribution in [0.25, 0.3) is 0 Å². The molecule has 26 nitrogen and oxygen atoms in total. The number of aliphatic carboxylic acids is 3. The Hall–Kier alpha value is -7.62. The maximum Gasteiger partial charge on any atom is 0.322 e. The number of aromatic hydroxyl groups is 1. The number of carboxylic acid groups (broad SMARTS) is 3. The summed E-state index contributed by atoms with van der Waals surface area (Å²) in [6, 6.07) is 3.63. The molecule has 0 spiro atoms. The predicted molar refractivity (Wildman–Crippen MR) is 270 cm³/mol. The molecule has 0 bridgehead atoms. The Morgan fingerprint density at radius 3 is 1.77 bits per heavy atom. The average molecular weight is 1070 g/mol. The lowest BCUT2D eigenvalue weighted by Gasteiger charge is -2.30. The van der Waals surface area contributed by atoms with Gasteiger partial charge in [0.25, 0.3) is 0 Å². The third kappa shape index (κ3) is 21.2. The van der Waals surface area contributed by atoms with Crippen molar-refractivity contribution in [3.05, 3.63) is 65.7 Å². The summed E-state index contributed by atoms with van der Waals surface area (Å²) in [5.41, 5.74) is 11.8. The highest BCUT2D eigenvalue weighted by Crippen LogP contribution is 2.20. The van der Waals surface area contributed by atoms with Crippen molar-refractivity contribution in [3.8, 4) is 5.75 Å². The van der Waals surface area contributed by atoms with E-state index in [1.807, 2.05) is 0 Å². The summed E-state index contributed by atoms with van der Waals surface area (Å²) >= 11 is 8.27. The zero-order valence-electron chi connectivity index (χ0n) is 40.1. The first-order valence-corrected chi connectivity index (χ1v) is 24.5. The summed E-state index contributed by atoms with van der Waals surface area (Å²) in [6.45, 7) is -0.690. The number of phenols is 1. The molecule has 7 atom stereocenters. The Labute approximate surface area is 435 Å². The molecule has 74 heavy (non-hydrogen) atoms. The summed E-state index contributed by atoms with van der Waals surface area (Å²) < 4.78 is 0. The van der Waals surface area contributed by atoms with Crippen LogP contribution in [0, 0.1) is 0 Å². The molecule has 1 aliphatic rings. The molecule has 28 heteroatoms. The number of phenolic OH excluding ortho intramolecular Hbond substituents is 1. The minimum Gasteiger partial charge on any atom is -0.508 e. The van der Waals surface area contributed by atoms with Crippen LogP contribution < -0.4 is 48.7 Å². The van der Waals surface area contributed by atoms with Gasteiger partial charge in [-0.15, -0.1) is 0 Å². The number of likely N-dealkylation sites (tertiary alicyclic amines) is 1. The number of hydrogen-bond acceptors (Lipinski definition) is 15. The third-order valence-corrected chi connectivity index (χ3v) is 11.8. The first-order valence-electron chi connectivity index (χ1n) is 23.3. The number of benzene rings is 2. The molecule has 404 valence electrons. The molecule has 1 saturated heterocycles. The number of nitrogens with two attached hydrogens (primary N) is 2. The lowest BCUT2D eigenvalue weighted by molar-refractivity contribution is -0.143. The van der Waals surface area contributed by atoms with E-state index < -0.39 is 139 Å². The molecule has 15 N–H and O–H groups in total. The highest BCUT2D eigenvalue weighted by molar-refractivity contribution is 7.80. The van der Waals surface area contributed by atoms with Crippen LogP contribution in [0.15, 0.2) is 59.6 Å². The van der Waals surface area contributed by atoms with Crippen LogP contribution in [0.5, 0.6) is 5.75 Å². The Balaban J connectivity index is 1.85. The molecule has 2 aromatic carbocycles. The van der Waals surface area contributed by atoms with Gasteiger partial charge in [-0.2, -0.15) is 25.3 Å². The van der Waals surface area contributed by atoms with E-state index in [4.69, 9.17) is 16.6 Å². The van der Waals surface area contributed by atoms with E-state index in [0.717, 1.165) is 4.90 Å². The Morgan fingerprint density at radius 2 is 1.19 bits per heavy atom. The van der Waals surface area contributed by atoms with Crippen molar-refractivity contribution < 1.29 is 73.2 Å². The van der Waals surface area contributed by atoms with Crippen LogP contribution in [0.2, 0.25) is 0 Å². The van der Waals surface area contributed by atoms with Crippen LogP contribution >= 0.6 is 25.3 Å². The minimum atomic E-state index is -1.96. The van der Waals surface area contributed by atoms with Crippen LogP contribution in [-0.2, 0) is 65.6 Å². The molecule has 0 radical (unpaired) electrons. The lowest BCUT2D eigenvalue weighted by atomic mass is 10.0. The van der Waals surface area contributed by atoms with Gasteiger partial charge >= 0.3 is 17.9 Å². The number of amides is 8. The largest absolute Gasteiger partial charge is 0.508 e. The second kappa shape index (κ2) is 31.1. The Morgan fingerprint density at radius 1 is 0.635 bits per heavy atom. The zero-order chi connectivity index (χ0) is 54.9. The lowest BCUT2D eigenvalue weighted by Crippen LogP contribution is -2.60. The number of aliphatic imine (C=N–C) groups is 1. The second-order valence-electron chi connectivity index (χ2n) is 16.9. The number of guanidine groups is 1. The van der Waals surface area contributed by atoms with Gasteiger partial charge in [0, 0.05) is 44.5 Å². The first-order chi connectivity index (χ1) is 35.1. The van der Waals surface area contributed by atoms with Gasteiger partial charge in [0.05, 0.1) is 6.42 Å². The molecule has 1 fully saturated rings. The first kappa shape index (κ1) is 60.7. The van der Waals surface area contributed by atoms with E-state index in [1.165, 1.54) is 24.3 Å². The minimum absolute atomic E-state index is 0.00677. The molecule has 1 heterocycles. The topological polar surface area (TPSA) is 421 Å². The van der Waals surface area contributed by atoms with Gasteiger partial charge in [0.2, 0.25) is 47.3 Å². The highest BCUT2D eigenvalue weighted by Gasteiger charge is 2.40. The van der Waals surface area contributed by atoms with Crippen molar-refractivity contribution in [2.75, 3.05) is 31.1 Å². The number of nitrogens with zero attached hydrogens (tertiary/aromatic N) is 2. The van der Waals surface area contributed by atoms with Gasteiger partial charge in [-0.25, -0.2) is 0 Å². The van der Waals surface area contributed by atoms with Crippen molar-refractivity contribution in [1.82, 2.24) is 42.1 Å². The molecule has 1 aliphatic heterocycles. The standard InChI is InChI=1S/C46H63N11O15S2/c47-46(48)49-17-4-8-28(39(66)50-23-38(64)65)53-44(71)34-9-5-18-57(34)45(72)33(24-74)56-43(70)32(22-37(62)63)55-40(67)29(14-15-36(60)61)52-42(69)31(20-25-6-2-1-3-7-25)54-41(68)30(51-35(59)16-19-73)21-26-10-12-27(58)13-11-26/h1-3,6-7,10-13,28-34,58,73-74H,4-5,8-9,14-24H2,(H,50,66)(H,51,59)(H,52,69)(H,53,71)(H,54,68)(H,55,67)(H,56,70)(H,60,61)(H,62,63)(H,64,65)(H4,47,48,49)/t28-,29-,30-,31-,32-,33-,34-/m1/s1. The molecule has 2 aromatic rings. The van der Waals surface area contributed by atoms with Gasteiger partial charge in [-0.3, -0.25) is 57.7 Å². The fourth-order valence-corrected chi connectivity index (χ4v) is 7.98. The van der Waals surface area contributed by atoms with E-state index in [-0.39, 0.29) is 69.1 Å². The molecular weight excluding hydrogens is 1010 g/mol. The number of rotatable bonds is 31. The summed E-state index contributed by atoms with van der Waals surface area (Å²) in [4.78, 5) is 149. The van der Waals surface area contributed by atoms with Crippen molar-refractivity contribution in [3.63, 3.8) is 0 Å². The number of carbonyl (C=O) groups is 11. The molecule has 0 unspecified atom stereocenters. The van der Waals surface area contributed by atoms with Crippen molar-refractivity contribution in [1.29, 1.82) is 0 Å². The Kier molecular flexibility index (Phi) is 25.5. The summed E-state index contributed by atoms with van der Waals surface area (Å²) in [5, 5.41) is 55.1. The monoisotopic (exact) mass is 1070 g/mol. The van der Waals surface area contributed by atoms with Crippen LogP contribution in [0.1, 0.15) is 62.5 Å². The third-order valence-electron chi connectivity index (χ3n) is 11.2. The van der Waals surface area contributed by atoms with Gasteiger partial charge in [0.15, 0.2) is 5.96 Å². The van der Waals surface area contributed by atoms with E-state index in [0.29, 0.717) is 17.5 Å². The zero-order valence-corrected chi connectivity index (χ0v) is 41.9. The molecule has 0 aliphatic carbocycles. The highest BCUT2D eigenvalue weighted by atomic mass is 32.1. The molecule has 8 amide bonds. The van der Waals surface area contributed by atoms with Crippen molar-refractivity contribution in [2.24, 2.45) is 16.5 Å². The van der Waals surface area contributed by atoms with E-state index in [2.05, 4.69) is 67.5 Å². The number of thiol groups is 2. The van der Waals surface area contributed by atoms with Gasteiger partial charge in [-0.1, -0.05) is 42.5 Å². The molecular formula is C46H63N11O15S2. The van der Waals surface area contributed by atoms with Crippen LogP contribution in [-0.4, -0.2) is 170 Å². The van der Waals surface area contributed by atoms with E-state index >= 15 is 0 Å². The quantitative estimate of drug-likeness (QED) is 0.0154. The summed E-state index contributed by atoms with van der Waals surface area (Å²) in [5.74, 6) is -12.2. The maximum atomic E-state index is 14.2. The second-order valence-corrected chi connectivity index (χ2v) is 17.7. The van der Waals surface area contributed by atoms with Gasteiger partial charge < -0.3 is 74.0 Å². The molecule has 0 aromatic heterocycles. The normalized spacial score (nSPS) is 15.3. The van der Waals surface area contributed by atoms with Crippen LogP contribution in [0.4, 0.5) is 0 Å². The van der Waals surface area contributed by atoms with E-state index in [1.54, 1.807) is 30.3 Å². The summed E-state index contributed by atoms with van der Waals surface area (Å²) in [7, 11) is 0. The smallest absolute Gasteiger partial charge is 0.322 e. The predicted octanol–water partition coefficient (Wildman–Crippen LogP) is -3.08. The number of nitrogens with one attached hydrogen (secondary N) is 7. The SMILES string of the molecule is NC(N)=NCCC[C@@H](NC(=O)[C@H]1CCCN1C(=O)[C@@H](CS)NC(=O)[C@@H](CC(=O)O)NC(=O)[C@@H](CCC(=O)O)NC(=O)[C@@H](Cc1ccccc1)NC(=O)[C@@H](Cc1ccc(O)cc1)NC(=O)CCS)C(=O)NCC(=O)O. The number of carbonyl (C=O) groups excluding carboxylic acids is 8. The van der Waals surface area contributed by atoms with Crippen molar-refractivity contribution >= 4 is 96.4 Å². The summed E-state index contributed by atoms with van der Waals surface area (Å²) in [6.07, 6.45) is -2.19. The van der Waals surface area contributed by atoms with Gasteiger partial charge in [-0.05, 0) is 61.1 Å². The Bertz CT molecular complexity index is 2340. The van der Waals surface area contributed by atoms with Crippen LogP contribution in [0.3, 0.4) is 0 Å². The fourth-order valence-electron chi connectivity index (χ4n) is 7.53. The number of carboxylic acids is 3. The number of hydrogen-bond donors (Lipinski definition) is 15.